The van der Waals surface area contributed by atoms with Crippen LogP contribution in [0.5, 0.6) is 0 Å². The van der Waals surface area contributed by atoms with Crippen LogP contribution in [0.1, 0.15) is 11.1 Å². The van der Waals surface area contributed by atoms with Gasteiger partial charge in [0.25, 0.3) is 0 Å². The number of aryl methyl sites for hydroxylation is 1. The number of rotatable bonds is 3. The second-order valence-electron chi connectivity index (χ2n) is 2.98. The van der Waals surface area contributed by atoms with Crippen LogP contribution in [0.15, 0.2) is 48.1 Å². The van der Waals surface area contributed by atoms with Gasteiger partial charge in [-0.25, -0.2) is 0 Å². The van der Waals surface area contributed by atoms with Crippen LogP contribution >= 0.6 is 0 Å². The molecule has 0 spiro atoms. The summed E-state index contributed by atoms with van der Waals surface area (Å²) in [5.74, 6) is 0. The molecule has 0 saturated carbocycles. The van der Waals surface area contributed by atoms with Crippen LogP contribution < -0.4 is 5.73 Å². The van der Waals surface area contributed by atoms with Gasteiger partial charge in [0.2, 0.25) is 0 Å². The number of allylic oxidation sites excluding steroid dienone is 1. The van der Waals surface area contributed by atoms with Crippen molar-refractivity contribution in [2.75, 3.05) is 0 Å². The number of aliphatic imine (C=N–C) groups is 1. The summed E-state index contributed by atoms with van der Waals surface area (Å²) in [4.78, 5) is 4.13. The van der Waals surface area contributed by atoms with Crippen molar-refractivity contribution in [3.63, 3.8) is 0 Å². The second-order valence-corrected chi connectivity index (χ2v) is 2.98. The molecule has 2 heteroatoms. The first-order valence-electron chi connectivity index (χ1n) is 4.41. The molecule has 1 aromatic carbocycles. The van der Waals surface area contributed by atoms with Gasteiger partial charge in [0.1, 0.15) is 0 Å². The van der Waals surface area contributed by atoms with Crippen molar-refractivity contribution in [1.82, 2.24) is 0 Å². The van der Waals surface area contributed by atoms with Crippen LogP contribution in [-0.2, 0) is 0 Å². The van der Waals surface area contributed by atoms with Crippen molar-refractivity contribution < 1.29 is 0 Å². The highest BCUT2D eigenvalue weighted by molar-refractivity contribution is 5.79. The lowest BCUT2D eigenvalue weighted by molar-refractivity contribution is 1.44. The molecule has 0 aliphatic carbocycles. The van der Waals surface area contributed by atoms with Crippen LogP contribution in [0.2, 0.25) is 0 Å². The van der Waals surface area contributed by atoms with Gasteiger partial charge in [-0.3, -0.25) is 4.99 Å². The highest BCUT2D eigenvalue weighted by Crippen LogP contribution is 2.13. The summed E-state index contributed by atoms with van der Waals surface area (Å²) < 4.78 is 0. The molecule has 14 heavy (non-hydrogen) atoms. The van der Waals surface area contributed by atoms with Gasteiger partial charge in [-0.1, -0.05) is 36.4 Å². The molecule has 72 valence electrons. The van der Waals surface area contributed by atoms with E-state index in [1.807, 2.05) is 31.2 Å². The van der Waals surface area contributed by atoms with Gasteiger partial charge in [-0.2, -0.15) is 0 Å². The van der Waals surface area contributed by atoms with E-state index in [1.165, 1.54) is 11.8 Å². The summed E-state index contributed by atoms with van der Waals surface area (Å²) in [5.41, 5.74) is 8.17. The predicted molar refractivity (Wildman–Crippen MR) is 62.0 cm³/mol. The lowest BCUT2D eigenvalue weighted by Crippen LogP contribution is -1.81. The average Bonchev–Trinajstić information content (AvgIpc) is 2.19. The van der Waals surface area contributed by atoms with E-state index < -0.39 is 0 Å². The fourth-order valence-corrected chi connectivity index (χ4v) is 1.00. The first kappa shape index (κ1) is 10.3. The summed E-state index contributed by atoms with van der Waals surface area (Å²) in [7, 11) is 0. The van der Waals surface area contributed by atoms with Gasteiger partial charge < -0.3 is 5.73 Å². The van der Waals surface area contributed by atoms with Gasteiger partial charge in [0, 0.05) is 6.21 Å². The van der Waals surface area contributed by atoms with E-state index in [0.29, 0.717) is 0 Å². The zero-order valence-corrected chi connectivity index (χ0v) is 8.27. The molecule has 0 heterocycles. The molecule has 2 nitrogen and oxygen atoms in total. The molecule has 0 aromatic heterocycles. The standard InChI is InChI=1S/C12H14N2/c1-10-4-6-12(7-5-10)11(2)14-9-3-8-13/h3-9H,2,13H2,1H3/b8-3-,14-9?. The number of hydrogen-bond donors (Lipinski definition) is 1. The summed E-state index contributed by atoms with van der Waals surface area (Å²) in [6.45, 7) is 5.90. The van der Waals surface area contributed by atoms with Crippen LogP contribution in [0, 0.1) is 6.92 Å². The number of hydrogen-bond acceptors (Lipinski definition) is 2. The SMILES string of the molecule is C=C(N=C/C=C\N)c1ccc(C)cc1. The van der Waals surface area contributed by atoms with Crippen molar-refractivity contribution in [2.24, 2.45) is 10.7 Å². The van der Waals surface area contributed by atoms with Gasteiger partial charge in [-0.15, -0.1) is 0 Å². The van der Waals surface area contributed by atoms with Crippen LogP contribution in [0.3, 0.4) is 0 Å². The molecule has 0 aliphatic rings. The molecule has 0 bridgehead atoms. The highest BCUT2D eigenvalue weighted by atomic mass is 14.7. The number of benzene rings is 1. The Hall–Kier alpha value is -1.83. The summed E-state index contributed by atoms with van der Waals surface area (Å²) in [6.07, 6.45) is 4.73. The molecule has 0 fully saturated rings. The van der Waals surface area contributed by atoms with E-state index in [4.69, 9.17) is 5.73 Å². The van der Waals surface area contributed by atoms with Crippen molar-refractivity contribution >= 4 is 11.9 Å². The lowest BCUT2D eigenvalue weighted by atomic mass is 10.1. The first-order valence-corrected chi connectivity index (χ1v) is 4.41. The maximum atomic E-state index is 5.17. The molecule has 1 aromatic rings. The largest absolute Gasteiger partial charge is 0.405 e. The monoisotopic (exact) mass is 186 g/mol. The van der Waals surface area contributed by atoms with E-state index in [-0.39, 0.29) is 0 Å². The number of nitrogens with zero attached hydrogens (tertiary/aromatic N) is 1. The second kappa shape index (κ2) is 5.02. The molecule has 0 radical (unpaired) electrons. The highest BCUT2D eigenvalue weighted by Gasteiger charge is 1.93. The molecule has 0 amide bonds. The van der Waals surface area contributed by atoms with Crippen molar-refractivity contribution in [2.45, 2.75) is 6.92 Å². The minimum absolute atomic E-state index is 0.739. The third-order valence-corrected chi connectivity index (χ3v) is 1.81. The van der Waals surface area contributed by atoms with Gasteiger partial charge in [0.15, 0.2) is 0 Å². The fraction of sp³-hybridized carbons (Fsp3) is 0.0833. The first-order chi connectivity index (χ1) is 6.74. The summed E-state index contributed by atoms with van der Waals surface area (Å²) in [5, 5.41) is 0. The zero-order valence-electron chi connectivity index (χ0n) is 8.27. The molecular formula is C12H14N2. The van der Waals surface area contributed by atoms with E-state index in [0.717, 1.165) is 11.3 Å². The Labute approximate surface area is 84.5 Å². The van der Waals surface area contributed by atoms with Crippen molar-refractivity contribution in [3.8, 4) is 0 Å². The Morgan fingerprint density at radius 3 is 2.57 bits per heavy atom. The van der Waals surface area contributed by atoms with Crippen molar-refractivity contribution in [1.29, 1.82) is 0 Å². The Morgan fingerprint density at radius 2 is 2.00 bits per heavy atom. The summed E-state index contributed by atoms with van der Waals surface area (Å²) in [6, 6.07) is 8.08. The third-order valence-electron chi connectivity index (χ3n) is 1.81. The quantitative estimate of drug-likeness (QED) is 0.724. The molecule has 0 saturated heterocycles. The van der Waals surface area contributed by atoms with Crippen molar-refractivity contribution in [3.05, 3.63) is 54.2 Å². The Bertz CT molecular complexity index is 358. The number of nitrogens with two attached hydrogens (primary N) is 1. The molecule has 2 N–H and O–H groups in total. The molecular weight excluding hydrogens is 172 g/mol. The van der Waals surface area contributed by atoms with Crippen LogP contribution in [-0.4, -0.2) is 6.21 Å². The molecule has 0 unspecified atom stereocenters. The molecule has 0 atom stereocenters. The third kappa shape index (κ3) is 2.90. The molecule has 0 aliphatic heterocycles. The summed E-state index contributed by atoms with van der Waals surface area (Å²) >= 11 is 0. The van der Waals surface area contributed by atoms with E-state index in [9.17, 15) is 0 Å². The normalized spacial score (nSPS) is 11.2. The van der Waals surface area contributed by atoms with Gasteiger partial charge in [0.05, 0.1) is 5.70 Å². The van der Waals surface area contributed by atoms with Crippen LogP contribution in [0.4, 0.5) is 0 Å². The maximum absolute atomic E-state index is 5.17. The smallest absolute Gasteiger partial charge is 0.0630 e. The average molecular weight is 186 g/mol. The van der Waals surface area contributed by atoms with Crippen LogP contribution in [0.25, 0.3) is 5.70 Å². The lowest BCUT2D eigenvalue weighted by Gasteiger charge is -1.99. The zero-order chi connectivity index (χ0) is 10.4. The van der Waals surface area contributed by atoms with E-state index in [2.05, 4.69) is 11.6 Å². The van der Waals surface area contributed by atoms with Gasteiger partial charge in [-0.05, 0) is 24.8 Å². The Morgan fingerprint density at radius 1 is 1.36 bits per heavy atom. The van der Waals surface area contributed by atoms with Gasteiger partial charge >= 0.3 is 0 Å². The Balaban J connectivity index is 2.75. The minimum Gasteiger partial charge on any atom is -0.405 e. The molecule has 1 rings (SSSR count). The Kier molecular flexibility index (Phi) is 3.68. The van der Waals surface area contributed by atoms with E-state index >= 15 is 0 Å². The van der Waals surface area contributed by atoms with E-state index in [1.54, 1.807) is 12.3 Å². The topological polar surface area (TPSA) is 38.4 Å². The minimum atomic E-state index is 0.739. The fourth-order valence-electron chi connectivity index (χ4n) is 1.00. The predicted octanol–water partition coefficient (Wildman–Crippen LogP) is 2.51. The maximum Gasteiger partial charge on any atom is 0.0630 e.